The zero-order valence-corrected chi connectivity index (χ0v) is 16.5. The SMILES string of the molecule is O=c1[nH][nH]c2ccc(OCc3nc(Nc4cc(C5CC5)[nH]n4)c4ccccc4n3)cc12. The Labute approximate surface area is 175 Å². The third kappa shape index (κ3) is 3.39. The fraction of sp³-hybridized carbons (Fsp3) is 0.182. The highest BCUT2D eigenvalue weighted by Crippen LogP contribution is 2.39. The molecular formula is C22H19N7O2. The Morgan fingerprint density at radius 1 is 1.03 bits per heavy atom. The Hall–Kier alpha value is -4.14. The van der Waals surface area contributed by atoms with Crippen molar-refractivity contribution in [3.8, 4) is 5.75 Å². The number of nitrogens with one attached hydrogen (secondary N) is 4. The minimum absolute atomic E-state index is 0.168. The Balaban J connectivity index is 1.29. The monoisotopic (exact) mass is 413 g/mol. The summed E-state index contributed by atoms with van der Waals surface area (Å²) in [4.78, 5) is 21.1. The van der Waals surface area contributed by atoms with Crippen LogP contribution in [0.1, 0.15) is 30.3 Å². The Morgan fingerprint density at radius 3 is 2.84 bits per heavy atom. The van der Waals surface area contributed by atoms with E-state index in [2.05, 4.69) is 35.7 Å². The molecule has 0 amide bonds. The van der Waals surface area contributed by atoms with Crippen LogP contribution in [0.2, 0.25) is 0 Å². The number of nitrogens with zero attached hydrogens (tertiary/aromatic N) is 3. The van der Waals surface area contributed by atoms with Crippen molar-refractivity contribution in [2.24, 2.45) is 0 Å². The molecule has 1 aliphatic carbocycles. The molecule has 31 heavy (non-hydrogen) atoms. The van der Waals surface area contributed by atoms with Gasteiger partial charge < -0.3 is 10.1 Å². The Morgan fingerprint density at radius 2 is 1.94 bits per heavy atom. The standard InChI is InChI=1S/C22H19N7O2/c30-22-15-9-13(7-8-17(15)26-29-22)31-11-20-23-16-4-2-1-3-14(16)21(25-20)24-19-10-18(27-28-19)12-5-6-12/h1-4,7-10,12H,5-6,11H2,(H2,26,29,30)(H2,23,24,25,27,28). The number of aromatic amines is 3. The first-order valence-electron chi connectivity index (χ1n) is 10.1. The zero-order valence-electron chi connectivity index (χ0n) is 16.5. The molecule has 0 spiro atoms. The van der Waals surface area contributed by atoms with Gasteiger partial charge in [0.15, 0.2) is 11.6 Å². The molecule has 0 radical (unpaired) electrons. The second-order valence-electron chi connectivity index (χ2n) is 7.69. The normalized spacial score (nSPS) is 13.7. The number of para-hydroxylation sites is 1. The van der Waals surface area contributed by atoms with Crippen LogP contribution in [-0.4, -0.2) is 30.4 Å². The van der Waals surface area contributed by atoms with Gasteiger partial charge in [-0.05, 0) is 43.2 Å². The lowest BCUT2D eigenvalue weighted by atomic mass is 10.2. The van der Waals surface area contributed by atoms with E-state index < -0.39 is 0 Å². The topological polar surface area (TPSA) is 124 Å². The van der Waals surface area contributed by atoms with E-state index in [1.54, 1.807) is 18.2 Å². The molecule has 1 saturated carbocycles. The number of hydrogen-bond donors (Lipinski definition) is 4. The fourth-order valence-electron chi connectivity index (χ4n) is 3.66. The lowest BCUT2D eigenvalue weighted by Crippen LogP contribution is -2.05. The molecule has 0 unspecified atom stereocenters. The number of hydrogen-bond acceptors (Lipinski definition) is 6. The summed E-state index contributed by atoms with van der Waals surface area (Å²) in [6.45, 7) is 0.168. The van der Waals surface area contributed by atoms with Gasteiger partial charge in [-0.2, -0.15) is 5.10 Å². The second kappa shape index (κ2) is 6.98. The van der Waals surface area contributed by atoms with Crippen LogP contribution in [0.3, 0.4) is 0 Å². The molecule has 3 aromatic heterocycles. The lowest BCUT2D eigenvalue weighted by molar-refractivity contribution is 0.297. The number of aromatic nitrogens is 6. The van der Waals surface area contributed by atoms with Crippen molar-refractivity contribution in [3.63, 3.8) is 0 Å². The van der Waals surface area contributed by atoms with Crippen LogP contribution in [0.4, 0.5) is 11.6 Å². The predicted octanol–water partition coefficient (Wildman–Crippen LogP) is 3.72. The van der Waals surface area contributed by atoms with Gasteiger partial charge in [0.05, 0.1) is 16.4 Å². The molecule has 0 saturated heterocycles. The summed E-state index contributed by atoms with van der Waals surface area (Å²) in [5.41, 5.74) is 2.52. The van der Waals surface area contributed by atoms with E-state index in [-0.39, 0.29) is 12.2 Å². The van der Waals surface area contributed by atoms with Gasteiger partial charge in [-0.25, -0.2) is 9.97 Å². The molecule has 1 fully saturated rings. The number of anilines is 2. The van der Waals surface area contributed by atoms with Crippen molar-refractivity contribution in [1.29, 1.82) is 0 Å². The minimum atomic E-state index is -0.182. The summed E-state index contributed by atoms with van der Waals surface area (Å²) in [5.74, 6) is 3.11. The van der Waals surface area contributed by atoms with E-state index in [1.807, 2.05) is 30.3 Å². The summed E-state index contributed by atoms with van der Waals surface area (Å²) in [6.07, 6.45) is 2.42. The Kier molecular flexibility index (Phi) is 3.98. The number of fused-ring (bicyclic) bond motifs is 2. The van der Waals surface area contributed by atoms with Gasteiger partial charge in [-0.3, -0.25) is 20.1 Å². The molecule has 0 bridgehead atoms. The first-order chi connectivity index (χ1) is 15.2. The van der Waals surface area contributed by atoms with Gasteiger partial charge in [0, 0.05) is 23.1 Å². The van der Waals surface area contributed by atoms with E-state index >= 15 is 0 Å². The van der Waals surface area contributed by atoms with Crippen molar-refractivity contribution in [1.82, 2.24) is 30.4 Å². The number of benzene rings is 2. The molecule has 9 heteroatoms. The third-order valence-electron chi connectivity index (χ3n) is 5.43. The van der Waals surface area contributed by atoms with Crippen molar-refractivity contribution < 1.29 is 4.74 Å². The summed E-state index contributed by atoms with van der Waals surface area (Å²) in [7, 11) is 0. The molecule has 6 rings (SSSR count). The summed E-state index contributed by atoms with van der Waals surface area (Å²) in [5, 5.41) is 17.6. The molecular weight excluding hydrogens is 394 g/mol. The number of ether oxygens (including phenoxy) is 1. The maximum Gasteiger partial charge on any atom is 0.271 e. The smallest absolute Gasteiger partial charge is 0.271 e. The van der Waals surface area contributed by atoms with Crippen LogP contribution in [0.5, 0.6) is 5.75 Å². The van der Waals surface area contributed by atoms with Crippen molar-refractivity contribution in [2.75, 3.05) is 5.32 Å². The van der Waals surface area contributed by atoms with Crippen LogP contribution in [-0.2, 0) is 6.61 Å². The lowest BCUT2D eigenvalue weighted by Gasteiger charge is -2.10. The molecule has 9 nitrogen and oxygen atoms in total. The van der Waals surface area contributed by atoms with Crippen LogP contribution in [0.25, 0.3) is 21.8 Å². The van der Waals surface area contributed by atoms with Crippen molar-refractivity contribution in [3.05, 3.63) is 70.4 Å². The van der Waals surface area contributed by atoms with Crippen molar-refractivity contribution >= 4 is 33.4 Å². The van der Waals surface area contributed by atoms with Gasteiger partial charge in [-0.1, -0.05) is 12.1 Å². The average Bonchev–Trinajstić information content (AvgIpc) is 3.44. The minimum Gasteiger partial charge on any atom is -0.486 e. The second-order valence-corrected chi connectivity index (χ2v) is 7.69. The molecule has 0 aliphatic heterocycles. The van der Waals surface area contributed by atoms with Gasteiger partial charge in [0.1, 0.15) is 18.2 Å². The summed E-state index contributed by atoms with van der Waals surface area (Å²) >= 11 is 0. The third-order valence-corrected chi connectivity index (χ3v) is 5.43. The van der Waals surface area contributed by atoms with E-state index in [0.717, 1.165) is 27.9 Å². The highest BCUT2D eigenvalue weighted by atomic mass is 16.5. The number of H-pyrrole nitrogens is 3. The molecule has 2 aromatic carbocycles. The van der Waals surface area contributed by atoms with Gasteiger partial charge >= 0.3 is 0 Å². The zero-order chi connectivity index (χ0) is 20.8. The van der Waals surface area contributed by atoms with Crippen molar-refractivity contribution in [2.45, 2.75) is 25.4 Å². The molecule has 154 valence electrons. The van der Waals surface area contributed by atoms with E-state index in [9.17, 15) is 4.79 Å². The first-order valence-corrected chi connectivity index (χ1v) is 10.1. The van der Waals surface area contributed by atoms with Gasteiger partial charge in [0.2, 0.25) is 0 Å². The molecule has 0 atom stereocenters. The quantitative estimate of drug-likeness (QED) is 0.336. The largest absolute Gasteiger partial charge is 0.486 e. The average molecular weight is 413 g/mol. The van der Waals surface area contributed by atoms with E-state index in [1.165, 1.54) is 12.8 Å². The molecule has 3 heterocycles. The van der Waals surface area contributed by atoms with E-state index in [4.69, 9.17) is 4.74 Å². The first kappa shape index (κ1) is 17.7. The van der Waals surface area contributed by atoms with Crippen LogP contribution in [0, 0.1) is 0 Å². The van der Waals surface area contributed by atoms with Crippen LogP contribution in [0.15, 0.2) is 53.3 Å². The maximum atomic E-state index is 11.8. The molecule has 5 aromatic rings. The summed E-state index contributed by atoms with van der Waals surface area (Å²) in [6, 6.07) is 15.1. The number of rotatable bonds is 6. The Bertz CT molecular complexity index is 1460. The van der Waals surface area contributed by atoms with Gasteiger partial charge in [-0.15, -0.1) is 0 Å². The highest BCUT2D eigenvalue weighted by Gasteiger charge is 2.25. The maximum absolute atomic E-state index is 11.8. The molecule has 1 aliphatic rings. The van der Waals surface area contributed by atoms with Crippen LogP contribution < -0.4 is 15.6 Å². The predicted molar refractivity (Wildman–Crippen MR) is 117 cm³/mol. The van der Waals surface area contributed by atoms with E-state index in [0.29, 0.717) is 28.7 Å². The van der Waals surface area contributed by atoms with Gasteiger partial charge in [0.25, 0.3) is 5.56 Å². The fourth-order valence-corrected chi connectivity index (χ4v) is 3.66. The highest BCUT2D eigenvalue weighted by molar-refractivity contribution is 5.90. The van der Waals surface area contributed by atoms with Crippen LogP contribution >= 0.6 is 0 Å². The molecule has 4 N–H and O–H groups in total. The summed E-state index contributed by atoms with van der Waals surface area (Å²) < 4.78 is 5.88.